The van der Waals surface area contributed by atoms with Gasteiger partial charge in [0.2, 0.25) is 0 Å². The van der Waals surface area contributed by atoms with Crippen molar-refractivity contribution in [2.45, 2.75) is 35.4 Å². The van der Waals surface area contributed by atoms with Gasteiger partial charge in [-0.2, -0.15) is 31.4 Å². The molecule has 1 aliphatic rings. The molecule has 2 aromatic carbocycles. The minimum atomic E-state index is -6.10. The van der Waals surface area contributed by atoms with E-state index in [0.29, 0.717) is 11.1 Å². The minimum Gasteiger partial charge on any atom is -0.369 e. The fourth-order valence-electron chi connectivity index (χ4n) is 4.04. The molecule has 0 spiro atoms. The smallest absolute Gasteiger partial charge is 0.369 e. The lowest BCUT2D eigenvalue weighted by Gasteiger charge is -2.32. The molecule has 0 saturated carbocycles. The number of aliphatic hydroxyl groups is 1. The molecule has 0 amide bonds. The van der Waals surface area contributed by atoms with Crippen molar-refractivity contribution in [1.82, 2.24) is 4.98 Å². The van der Waals surface area contributed by atoms with Gasteiger partial charge in [0.05, 0.1) is 17.4 Å². The van der Waals surface area contributed by atoms with Crippen LogP contribution in [-0.2, 0) is 9.84 Å². The molecular weight excluding hydrogens is 560 g/mol. The monoisotopic (exact) mass is 577 g/mol. The van der Waals surface area contributed by atoms with Crippen molar-refractivity contribution >= 4 is 32.8 Å². The molecule has 0 radical (unpaired) electrons. The maximum absolute atomic E-state index is 13.6. The van der Waals surface area contributed by atoms with Crippen molar-refractivity contribution in [3.8, 4) is 11.1 Å². The number of benzene rings is 2. The second-order valence-electron chi connectivity index (χ2n) is 8.55. The van der Waals surface area contributed by atoms with Crippen LogP contribution < -0.4 is 5.01 Å². The van der Waals surface area contributed by atoms with Gasteiger partial charge in [-0.3, -0.25) is 5.01 Å². The summed E-state index contributed by atoms with van der Waals surface area (Å²) in [5.41, 5.74) is -5.56. The third-order valence-corrected chi connectivity index (χ3v) is 7.32. The molecule has 202 valence electrons. The second kappa shape index (κ2) is 9.54. The Morgan fingerprint density at radius 2 is 1.61 bits per heavy atom. The maximum atomic E-state index is 13.6. The third-order valence-electron chi connectivity index (χ3n) is 5.97. The molecule has 1 atom stereocenters. The summed E-state index contributed by atoms with van der Waals surface area (Å²) in [6.45, 7) is 0. The van der Waals surface area contributed by atoms with Gasteiger partial charge in [-0.15, -0.1) is 0 Å². The maximum Gasteiger partial charge on any atom is 0.431 e. The highest BCUT2D eigenvalue weighted by Gasteiger charge is 2.74. The zero-order valence-electron chi connectivity index (χ0n) is 19.3. The first-order valence-corrected chi connectivity index (χ1v) is 13.0. The number of anilines is 1. The van der Waals surface area contributed by atoms with E-state index in [0.717, 1.165) is 11.3 Å². The van der Waals surface area contributed by atoms with E-state index in [1.165, 1.54) is 54.7 Å². The normalized spacial score (nSPS) is 17.0. The Balaban J connectivity index is 1.84. The summed E-state index contributed by atoms with van der Waals surface area (Å²) in [6, 6.07) is 13.4. The molecule has 3 aromatic rings. The van der Waals surface area contributed by atoms with Crippen molar-refractivity contribution in [3.63, 3.8) is 0 Å². The summed E-state index contributed by atoms with van der Waals surface area (Å²) in [5, 5.41) is 14.5. The molecular formula is C24H18ClF6N3O3S. The number of hydrogen-bond acceptors (Lipinski definition) is 6. The van der Waals surface area contributed by atoms with Crippen LogP contribution in [0, 0.1) is 0 Å². The fourth-order valence-corrected chi connectivity index (χ4v) is 4.86. The number of rotatable bonds is 5. The summed E-state index contributed by atoms with van der Waals surface area (Å²) in [7, 11) is -3.57. The quantitative estimate of drug-likeness (QED) is 0.378. The topological polar surface area (TPSA) is 82.9 Å². The summed E-state index contributed by atoms with van der Waals surface area (Å²) >= 11 is 6.24. The highest BCUT2D eigenvalue weighted by molar-refractivity contribution is 7.90. The standard InChI is InChI=1S/C24H18ClF6N3O3S/c1-38(36,37)21-10-9-15(13-32-21)14-5-4-6-16(11-14)34-19(17-7-2-3-8-18(17)25)12-20(33-34)22(35,23(26,27)28)24(29,30)31/h2-11,13,19,35H,12H2,1H3. The van der Waals surface area contributed by atoms with Gasteiger partial charge in [0.25, 0.3) is 5.60 Å². The van der Waals surface area contributed by atoms with Gasteiger partial charge in [0.1, 0.15) is 0 Å². The van der Waals surface area contributed by atoms with Gasteiger partial charge < -0.3 is 5.11 Å². The number of hydrogen-bond donors (Lipinski definition) is 1. The third kappa shape index (κ3) is 4.97. The lowest BCUT2D eigenvalue weighted by atomic mass is 9.90. The number of alkyl halides is 6. The Bertz CT molecular complexity index is 1480. The van der Waals surface area contributed by atoms with Crippen LogP contribution in [0.4, 0.5) is 32.0 Å². The van der Waals surface area contributed by atoms with Crippen LogP contribution in [0.15, 0.2) is 77.0 Å². The van der Waals surface area contributed by atoms with Crippen LogP contribution in [0.25, 0.3) is 11.1 Å². The number of aromatic nitrogens is 1. The SMILES string of the molecule is CS(=O)(=O)c1ccc(-c2cccc(N3N=C(C(O)(C(F)(F)F)C(F)(F)F)CC3c3ccccc3Cl)c2)cn1. The zero-order chi connectivity index (χ0) is 28.1. The van der Waals surface area contributed by atoms with Crippen molar-refractivity contribution < 1.29 is 39.9 Å². The number of nitrogens with zero attached hydrogens (tertiary/aromatic N) is 3. The van der Waals surface area contributed by atoms with Crippen LogP contribution >= 0.6 is 11.6 Å². The van der Waals surface area contributed by atoms with E-state index >= 15 is 0 Å². The lowest BCUT2D eigenvalue weighted by Crippen LogP contribution is -2.62. The van der Waals surface area contributed by atoms with E-state index in [4.69, 9.17) is 11.6 Å². The summed E-state index contributed by atoms with van der Waals surface area (Å²) in [4.78, 5) is 3.90. The van der Waals surface area contributed by atoms with Crippen molar-refractivity contribution in [2.75, 3.05) is 11.3 Å². The predicted molar refractivity (Wildman–Crippen MR) is 129 cm³/mol. The van der Waals surface area contributed by atoms with Crippen molar-refractivity contribution in [2.24, 2.45) is 5.10 Å². The lowest BCUT2D eigenvalue weighted by molar-refractivity contribution is -0.338. The molecule has 0 fully saturated rings. The molecule has 0 bridgehead atoms. The molecule has 2 heterocycles. The average molecular weight is 578 g/mol. The highest BCUT2D eigenvalue weighted by atomic mass is 35.5. The van der Waals surface area contributed by atoms with Gasteiger partial charge in [-0.05, 0) is 41.5 Å². The Kier molecular flexibility index (Phi) is 7.00. The van der Waals surface area contributed by atoms with Crippen LogP contribution in [-0.4, -0.2) is 48.4 Å². The number of halogens is 7. The first-order valence-electron chi connectivity index (χ1n) is 10.8. The van der Waals surface area contributed by atoms with Gasteiger partial charge in [-0.1, -0.05) is 41.9 Å². The molecule has 0 aliphatic carbocycles. The molecule has 1 aliphatic heterocycles. The number of pyridine rings is 1. The molecule has 4 rings (SSSR count). The second-order valence-corrected chi connectivity index (χ2v) is 10.9. The van der Waals surface area contributed by atoms with E-state index in [9.17, 15) is 39.9 Å². The van der Waals surface area contributed by atoms with Crippen LogP contribution in [0.3, 0.4) is 0 Å². The summed E-state index contributed by atoms with van der Waals surface area (Å²) in [6.07, 6.45) is -10.9. The van der Waals surface area contributed by atoms with Gasteiger partial charge in [-0.25, -0.2) is 13.4 Å². The van der Waals surface area contributed by atoms with Gasteiger partial charge in [0.15, 0.2) is 14.9 Å². The average Bonchev–Trinajstić information content (AvgIpc) is 3.27. The fraction of sp³-hybridized carbons (Fsp3) is 0.250. The van der Waals surface area contributed by atoms with Gasteiger partial charge in [0, 0.05) is 29.5 Å². The summed E-state index contributed by atoms with van der Waals surface area (Å²) in [5.74, 6) is 0. The van der Waals surface area contributed by atoms with E-state index in [-0.39, 0.29) is 21.3 Å². The van der Waals surface area contributed by atoms with Crippen LogP contribution in [0.1, 0.15) is 18.0 Å². The minimum absolute atomic E-state index is 0.0817. The van der Waals surface area contributed by atoms with E-state index < -0.39 is 46.0 Å². The first kappa shape index (κ1) is 27.9. The number of sulfone groups is 1. The van der Waals surface area contributed by atoms with E-state index in [2.05, 4.69) is 10.1 Å². The molecule has 1 unspecified atom stereocenters. The van der Waals surface area contributed by atoms with Crippen LogP contribution in [0.2, 0.25) is 5.02 Å². The molecule has 0 saturated heterocycles. The van der Waals surface area contributed by atoms with E-state index in [1.54, 1.807) is 12.1 Å². The Labute approximate surface area is 218 Å². The Hall–Kier alpha value is -3.16. The van der Waals surface area contributed by atoms with Crippen molar-refractivity contribution in [3.05, 3.63) is 77.4 Å². The molecule has 1 N–H and O–H groups in total. The van der Waals surface area contributed by atoms with Crippen LogP contribution in [0.5, 0.6) is 0 Å². The van der Waals surface area contributed by atoms with Gasteiger partial charge >= 0.3 is 12.4 Å². The van der Waals surface area contributed by atoms with E-state index in [1.807, 2.05) is 0 Å². The molecule has 6 nitrogen and oxygen atoms in total. The Morgan fingerprint density at radius 3 is 2.16 bits per heavy atom. The summed E-state index contributed by atoms with van der Waals surface area (Å²) < 4.78 is 105. The zero-order valence-corrected chi connectivity index (χ0v) is 20.9. The van der Waals surface area contributed by atoms with Crippen molar-refractivity contribution in [1.29, 1.82) is 0 Å². The Morgan fingerprint density at radius 1 is 0.947 bits per heavy atom. The number of hydrazone groups is 1. The highest BCUT2D eigenvalue weighted by Crippen LogP contribution is 2.49. The molecule has 38 heavy (non-hydrogen) atoms. The predicted octanol–water partition coefficient (Wildman–Crippen LogP) is 5.97. The molecule has 1 aromatic heterocycles. The first-order chi connectivity index (χ1) is 17.5. The largest absolute Gasteiger partial charge is 0.431 e. The molecule has 14 heteroatoms.